The van der Waals surface area contributed by atoms with Crippen molar-refractivity contribution in [3.63, 3.8) is 0 Å². The van der Waals surface area contributed by atoms with Gasteiger partial charge in [-0.15, -0.1) is 0 Å². The van der Waals surface area contributed by atoms with Crippen LogP contribution >= 0.6 is 7.26 Å². The van der Waals surface area contributed by atoms with Gasteiger partial charge in [0.15, 0.2) is 0 Å². The van der Waals surface area contributed by atoms with Crippen LogP contribution in [0.1, 0.15) is 75.3 Å². The van der Waals surface area contributed by atoms with E-state index in [1.165, 1.54) is 97.4 Å². The maximum Gasteiger partial charge on any atom is 0.119 e. The molecule has 5 rings (SSSR count). The zero-order chi connectivity index (χ0) is 33.0. The first kappa shape index (κ1) is 35.6. The smallest absolute Gasteiger partial charge is 0.119 e. The Morgan fingerprint density at radius 3 is 1.31 bits per heavy atom. The molecule has 0 aliphatic heterocycles. The van der Waals surface area contributed by atoms with E-state index in [-0.39, 0.29) is 0 Å². The van der Waals surface area contributed by atoms with E-state index in [1.807, 2.05) is 18.2 Å². The van der Waals surface area contributed by atoms with Crippen LogP contribution in [0.5, 0.6) is 5.75 Å². The van der Waals surface area contributed by atoms with Gasteiger partial charge < -0.3 is 9.47 Å². The largest absolute Gasteiger partial charge is 0.489 e. The van der Waals surface area contributed by atoms with E-state index in [0.29, 0.717) is 6.61 Å². The Kier molecular flexibility index (Phi) is 15.3. The van der Waals surface area contributed by atoms with Crippen molar-refractivity contribution >= 4 is 23.2 Å². The quantitative estimate of drug-likeness (QED) is 0.0545. The molecule has 0 aliphatic rings. The molecule has 0 radical (unpaired) electrons. The van der Waals surface area contributed by atoms with E-state index in [4.69, 9.17) is 9.47 Å². The lowest BCUT2D eigenvalue weighted by molar-refractivity contribution is 0.133. The van der Waals surface area contributed by atoms with Crippen LogP contribution in [0.25, 0.3) is 0 Å². The Balaban J connectivity index is 0.907. The summed E-state index contributed by atoms with van der Waals surface area (Å²) in [5.41, 5.74) is 2.48. The van der Waals surface area contributed by atoms with Gasteiger partial charge >= 0.3 is 0 Å². The second-order valence-corrected chi connectivity index (χ2v) is 16.5. The molecule has 0 amide bonds. The molecule has 0 N–H and O–H groups in total. The van der Waals surface area contributed by atoms with E-state index in [0.717, 1.165) is 25.4 Å². The summed E-state index contributed by atoms with van der Waals surface area (Å²) >= 11 is 0. The first-order valence-electron chi connectivity index (χ1n) is 18.2. The molecule has 0 aromatic heterocycles. The topological polar surface area (TPSA) is 18.5 Å². The molecule has 5 aromatic carbocycles. The van der Waals surface area contributed by atoms with Crippen LogP contribution in [0.15, 0.2) is 146 Å². The third kappa shape index (κ3) is 11.2. The lowest BCUT2D eigenvalue weighted by Crippen LogP contribution is -2.33. The summed E-state index contributed by atoms with van der Waals surface area (Å²) in [6.07, 6.45) is 15.3. The number of hydrogen-bond donors (Lipinski definition) is 0. The zero-order valence-corrected chi connectivity index (χ0v) is 29.6. The van der Waals surface area contributed by atoms with Crippen LogP contribution in [0.2, 0.25) is 0 Å². The molecule has 3 heteroatoms. The highest BCUT2D eigenvalue weighted by molar-refractivity contribution is 7.95. The van der Waals surface area contributed by atoms with E-state index >= 15 is 0 Å². The van der Waals surface area contributed by atoms with Gasteiger partial charge in [-0.25, -0.2) is 0 Å². The summed E-state index contributed by atoms with van der Waals surface area (Å²) in [6, 6.07) is 52.7. The van der Waals surface area contributed by atoms with E-state index in [9.17, 15) is 0 Å². The van der Waals surface area contributed by atoms with Crippen LogP contribution in [0.4, 0.5) is 0 Å². The zero-order valence-electron chi connectivity index (χ0n) is 28.7. The molecule has 48 heavy (non-hydrogen) atoms. The second kappa shape index (κ2) is 20.6. The molecule has 0 fully saturated rings. The molecule has 0 heterocycles. The summed E-state index contributed by atoms with van der Waals surface area (Å²) in [5.74, 6) is 0.914. The minimum Gasteiger partial charge on any atom is -0.489 e. The molecule has 2 nitrogen and oxygen atoms in total. The summed E-state index contributed by atoms with van der Waals surface area (Å²) in [7, 11) is -1.68. The predicted octanol–water partition coefficient (Wildman–Crippen LogP) is 10.7. The molecular weight excluding hydrogens is 603 g/mol. The Bertz CT molecular complexity index is 1430. The van der Waals surface area contributed by atoms with E-state index in [2.05, 4.69) is 127 Å². The fraction of sp³-hybridized carbons (Fsp3) is 0.333. The van der Waals surface area contributed by atoms with Gasteiger partial charge in [0.25, 0.3) is 0 Å². The standard InChI is InChI=1S/C45H54O2P/c1(3-5-7-21-36-46-37-35-40-31-33-42(34-32-40)47-39-41-23-13-9-14-24-41)2-4-6-8-22-38-48(43-25-15-10-16-26-43,44-27-17-11-18-28-44)45-29-19-12-20-30-45/h9-20,23-34H,1-8,21-22,35-39H2/q+1. The van der Waals surface area contributed by atoms with Gasteiger partial charge in [0.2, 0.25) is 0 Å². The minimum atomic E-state index is -1.68. The average Bonchev–Trinajstić information content (AvgIpc) is 3.16. The Labute approximate surface area is 290 Å². The van der Waals surface area contributed by atoms with Gasteiger partial charge in [-0.3, -0.25) is 0 Å². The summed E-state index contributed by atoms with van der Waals surface area (Å²) in [4.78, 5) is 0. The Morgan fingerprint density at radius 2 is 0.812 bits per heavy atom. The van der Waals surface area contributed by atoms with Gasteiger partial charge in [-0.05, 0) is 85.3 Å². The van der Waals surface area contributed by atoms with Crippen molar-refractivity contribution < 1.29 is 9.47 Å². The Hall–Kier alpha value is -3.71. The molecule has 0 saturated heterocycles. The molecule has 0 unspecified atom stereocenters. The molecular formula is C45H54O2P+. The maximum absolute atomic E-state index is 5.94. The van der Waals surface area contributed by atoms with Gasteiger partial charge in [0.1, 0.15) is 35.5 Å². The number of ether oxygens (including phenoxy) is 2. The number of benzene rings is 5. The van der Waals surface area contributed by atoms with Crippen molar-refractivity contribution in [1.29, 1.82) is 0 Å². The highest BCUT2D eigenvalue weighted by Gasteiger charge is 2.44. The average molecular weight is 658 g/mol. The minimum absolute atomic E-state index is 0.603. The Morgan fingerprint density at radius 1 is 0.375 bits per heavy atom. The van der Waals surface area contributed by atoms with Crippen molar-refractivity contribution in [3.05, 3.63) is 157 Å². The van der Waals surface area contributed by atoms with Crippen molar-refractivity contribution in [3.8, 4) is 5.75 Å². The van der Waals surface area contributed by atoms with Crippen molar-refractivity contribution in [2.24, 2.45) is 0 Å². The maximum atomic E-state index is 5.94. The van der Waals surface area contributed by atoms with E-state index in [1.54, 1.807) is 0 Å². The molecule has 0 aliphatic carbocycles. The number of hydrogen-bond acceptors (Lipinski definition) is 2. The van der Waals surface area contributed by atoms with Crippen molar-refractivity contribution in [2.75, 3.05) is 19.4 Å². The lowest BCUT2D eigenvalue weighted by atomic mass is 10.1. The third-order valence-electron chi connectivity index (χ3n) is 9.33. The third-order valence-corrected chi connectivity index (χ3v) is 13.9. The fourth-order valence-electron chi connectivity index (χ4n) is 6.63. The van der Waals surface area contributed by atoms with Crippen LogP contribution in [-0.2, 0) is 17.8 Å². The SMILES string of the molecule is c1ccc(COc2ccc(CCOCCCCCCCCCCCC[P+](c3ccccc3)(c3ccccc3)c3ccccc3)cc2)cc1. The molecule has 0 spiro atoms. The molecule has 0 bridgehead atoms. The summed E-state index contributed by atoms with van der Waals surface area (Å²) in [6.45, 7) is 2.26. The van der Waals surface area contributed by atoms with Crippen LogP contribution in [0.3, 0.4) is 0 Å². The molecule has 250 valence electrons. The highest BCUT2D eigenvalue weighted by atomic mass is 31.2. The molecule has 0 saturated carbocycles. The number of rotatable bonds is 22. The van der Waals surface area contributed by atoms with Crippen LogP contribution in [0, 0.1) is 0 Å². The first-order valence-corrected chi connectivity index (χ1v) is 20.2. The van der Waals surface area contributed by atoms with Crippen molar-refractivity contribution in [2.45, 2.75) is 77.2 Å². The molecule has 5 aromatic rings. The summed E-state index contributed by atoms with van der Waals surface area (Å²) < 4.78 is 11.8. The monoisotopic (exact) mass is 657 g/mol. The first-order chi connectivity index (χ1) is 23.8. The van der Waals surface area contributed by atoms with Gasteiger partial charge in [-0.1, -0.05) is 142 Å². The highest BCUT2D eigenvalue weighted by Crippen LogP contribution is 2.56. The van der Waals surface area contributed by atoms with Gasteiger partial charge in [-0.2, -0.15) is 0 Å². The van der Waals surface area contributed by atoms with Crippen LogP contribution < -0.4 is 20.7 Å². The van der Waals surface area contributed by atoms with Crippen LogP contribution in [-0.4, -0.2) is 19.4 Å². The second-order valence-electron chi connectivity index (χ2n) is 12.9. The number of unbranched alkanes of at least 4 members (excludes halogenated alkanes) is 9. The normalized spacial score (nSPS) is 11.4. The molecule has 0 atom stereocenters. The lowest BCUT2D eigenvalue weighted by Gasteiger charge is -2.27. The van der Waals surface area contributed by atoms with Gasteiger partial charge in [0, 0.05) is 6.61 Å². The summed E-state index contributed by atoms with van der Waals surface area (Å²) in [5, 5.41) is 4.51. The van der Waals surface area contributed by atoms with Crippen molar-refractivity contribution in [1.82, 2.24) is 0 Å². The predicted molar refractivity (Wildman–Crippen MR) is 208 cm³/mol. The van der Waals surface area contributed by atoms with Gasteiger partial charge in [0.05, 0.1) is 12.8 Å². The van der Waals surface area contributed by atoms with E-state index < -0.39 is 7.26 Å². The fourth-order valence-corrected chi connectivity index (χ4v) is 11.0.